The highest BCUT2D eigenvalue weighted by atomic mass is 16.4. The zero-order valence-electron chi connectivity index (χ0n) is 16.1. The first-order valence-corrected chi connectivity index (χ1v) is 9.13. The molecule has 0 aliphatic rings. The number of hydrogen-bond acceptors (Lipinski definition) is 5. The second-order valence-electron chi connectivity index (χ2n) is 7.21. The molecule has 0 spiro atoms. The molecule has 0 amide bonds. The topological polar surface area (TPSA) is 99.9 Å². The van der Waals surface area contributed by atoms with Crippen molar-refractivity contribution in [3.05, 3.63) is 41.7 Å². The van der Waals surface area contributed by atoms with E-state index in [2.05, 4.69) is 46.9 Å². The van der Waals surface area contributed by atoms with Gasteiger partial charge < -0.3 is 15.0 Å². The van der Waals surface area contributed by atoms with Crippen LogP contribution in [0.4, 0.5) is 0 Å². The number of aromatic carboxylic acids is 1. The van der Waals surface area contributed by atoms with Crippen molar-refractivity contribution in [3.8, 4) is 11.4 Å². The third kappa shape index (κ3) is 3.22. The Bertz CT molecular complexity index is 1170. The number of benzene rings is 1. The Morgan fingerprint density at radius 2 is 2.14 bits per heavy atom. The number of aromatic nitrogens is 5. The van der Waals surface area contributed by atoms with E-state index in [1.807, 2.05) is 16.8 Å². The van der Waals surface area contributed by atoms with Gasteiger partial charge in [-0.05, 0) is 45.6 Å². The predicted molar refractivity (Wildman–Crippen MR) is 107 cm³/mol. The number of carboxylic acid groups (broad SMARTS) is 1. The van der Waals surface area contributed by atoms with Crippen LogP contribution in [0, 0.1) is 6.92 Å². The van der Waals surface area contributed by atoms with Gasteiger partial charge in [-0.1, -0.05) is 12.1 Å². The van der Waals surface area contributed by atoms with Gasteiger partial charge in [-0.15, -0.1) is 0 Å². The molecule has 3 aromatic heterocycles. The highest BCUT2D eigenvalue weighted by molar-refractivity contribution is 6.01. The molecule has 4 aromatic rings. The molecule has 0 radical (unpaired) electrons. The summed E-state index contributed by atoms with van der Waals surface area (Å²) in [7, 11) is 4.11. The molecule has 1 aromatic carbocycles. The molecule has 28 heavy (non-hydrogen) atoms. The average Bonchev–Trinajstić information content (AvgIpc) is 3.22. The SMILES string of the molecule is Cc1ccc2c(-c3cnc4[nH]cc(C(=O)O)c4n3)nn(CCCN(C)C)c2c1. The van der Waals surface area contributed by atoms with Gasteiger partial charge in [-0.25, -0.2) is 14.8 Å². The standard InChI is InChI=1S/C20H22N6O2/c1-12-5-6-13-16(9-12)26(8-4-7-25(2)3)24-17(13)15-11-22-19-18(23-15)14(10-21-19)20(27)28/h5-6,9-11H,4,7-8H2,1-3H3,(H,21,22)(H,27,28). The summed E-state index contributed by atoms with van der Waals surface area (Å²) in [6, 6.07) is 6.20. The zero-order valence-corrected chi connectivity index (χ0v) is 16.1. The summed E-state index contributed by atoms with van der Waals surface area (Å²) in [5.74, 6) is -1.03. The summed E-state index contributed by atoms with van der Waals surface area (Å²) in [6.45, 7) is 3.82. The second kappa shape index (κ2) is 7.05. The van der Waals surface area contributed by atoms with Gasteiger partial charge >= 0.3 is 5.97 Å². The Morgan fingerprint density at radius 3 is 2.89 bits per heavy atom. The third-order valence-electron chi connectivity index (χ3n) is 4.74. The Kier molecular flexibility index (Phi) is 4.56. The fraction of sp³-hybridized carbons (Fsp3) is 0.300. The number of nitrogens with one attached hydrogen (secondary N) is 1. The normalized spacial score (nSPS) is 11.7. The highest BCUT2D eigenvalue weighted by Gasteiger charge is 2.18. The lowest BCUT2D eigenvalue weighted by Gasteiger charge is -2.09. The first-order valence-electron chi connectivity index (χ1n) is 9.13. The largest absolute Gasteiger partial charge is 0.478 e. The van der Waals surface area contributed by atoms with Crippen LogP contribution in [0.15, 0.2) is 30.6 Å². The van der Waals surface area contributed by atoms with E-state index < -0.39 is 5.97 Å². The number of H-pyrrole nitrogens is 1. The van der Waals surface area contributed by atoms with Crippen molar-refractivity contribution >= 4 is 28.0 Å². The van der Waals surface area contributed by atoms with Crippen molar-refractivity contribution in [1.29, 1.82) is 0 Å². The molecule has 0 saturated heterocycles. The van der Waals surface area contributed by atoms with Gasteiger partial charge in [0.2, 0.25) is 0 Å². The number of nitrogens with zero attached hydrogens (tertiary/aromatic N) is 5. The van der Waals surface area contributed by atoms with Crippen molar-refractivity contribution in [3.63, 3.8) is 0 Å². The van der Waals surface area contributed by atoms with E-state index in [1.54, 1.807) is 6.20 Å². The fourth-order valence-corrected chi connectivity index (χ4v) is 3.35. The quantitative estimate of drug-likeness (QED) is 0.535. The number of fused-ring (bicyclic) bond motifs is 2. The summed E-state index contributed by atoms with van der Waals surface area (Å²) in [4.78, 5) is 25.3. The molecule has 0 fully saturated rings. The maximum atomic E-state index is 11.4. The van der Waals surface area contributed by atoms with E-state index in [0.29, 0.717) is 22.6 Å². The summed E-state index contributed by atoms with van der Waals surface area (Å²) in [6.07, 6.45) is 4.03. The molecule has 144 valence electrons. The molecule has 0 aliphatic heterocycles. The summed E-state index contributed by atoms with van der Waals surface area (Å²) < 4.78 is 2.00. The van der Waals surface area contributed by atoms with Crippen LogP contribution in [0.2, 0.25) is 0 Å². The van der Waals surface area contributed by atoms with Gasteiger partial charge in [-0.3, -0.25) is 4.68 Å². The number of hydrogen-bond donors (Lipinski definition) is 2. The van der Waals surface area contributed by atoms with Crippen molar-refractivity contribution in [2.75, 3.05) is 20.6 Å². The lowest BCUT2D eigenvalue weighted by molar-refractivity contribution is 0.0699. The zero-order chi connectivity index (χ0) is 19.8. The lowest BCUT2D eigenvalue weighted by Crippen LogP contribution is -2.15. The maximum absolute atomic E-state index is 11.4. The Labute approximate surface area is 161 Å². The van der Waals surface area contributed by atoms with Crippen LogP contribution < -0.4 is 0 Å². The molecular formula is C20H22N6O2. The first-order chi connectivity index (χ1) is 13.4. The molecule has 3 heterocycles. The minimum absolute atomic E-state index is 0.106. The minimum Gasteiger partial charge on any atom is -0.478 e. The van der Waals surface area contributed by atoms with E-state index in [9.17, 15) is 9.90 Å². The molecule has 0 unspecified atom stereocenters. The predicted octanol–water partition coefficient (Wildman–Crippen LogP) is 2.93. The van der Waals surface area contributed by atoms with Gasteiger partial charge in [0.15, 0.2) is 5.65 Å². The number of carboxylic acids is 1. The first kappa shape index (κ1) is 18.1. The summed E-state index contributed by atoms with van der Waals surface area (Å²) in [5.41, 5.74) is 4.38. The molecular weight excluding hydrogens is 356 g/mol. The number of rotatable bonds is 6. The van der Waals surface area contributed by atoms with Crippen LogP contribution in [0.25, 0.3) is 33.5 Å². The average molecular weight is 378 g/mol. The van der Waals surface area contributed by atoms with Crippen molar-refractivity contribution in [1.82, 2.24) is 29.6 Å². The number of aryl methyl sites for hydroxylation is 2. The van der Waals surface area contributed by atoms with Crippen molar-refractivity contribution in [2.24, 2.45) is 0 Å². The van der Waals surface area contributed by atoms with Crippen LogP contribution in [0.1, 0.15) is 22.3 Å². The molecule has 8 heteroatoms. The summed E-state index contributed by atoms with van der Waals surface area (Å²) >= 11 is 0. The van der Waals surface area contributed by atoms with Crippen LogP contribution in [-0.2, 0) is 6.54 Å². The Balaban J connectivity index is 1.83. The van der Waals surface area contributed by atoms with E-state index in [0.717, 1.165) is 36.0 Å². The molecule has 2 N–H and O–H groups in total. The van der Waals surface area contributed by atoms with Crippen LogP contribution in [0.3, 0.4) is 0 Å². The molecule has 4 rings (SSSR count). The molecule has 0 aliphatic carbocycles. The number of aromatic amines is 1. The van der Waals surface area contributed by atoms with Gasteiger partial charge in [-0.2, -0.15) is 5.10 Å². The van der Waals surface area contributed by atoms with E-state index in [1.165, 1.54) is 6.20 Å². The van der Waals surface area contributed by atoms with E-state index in [-0.39, 0.29) is 5.56 Å². The van der Waals surface area contributed by atoms with Gasteiger partial charge in [0.1, 0.15) is 22.5 Å². The molecule has 0 bridgehead atoms. The van der Waals surface area contributed by atoms with Crippen molar-refractivity contribution < 1.29 is 9.90 Å². The molecule has 0 saturated carbocycles. The van der Waals surface area contributed by atoms with Gasteiger partial charge in [0.25, 0.3) is 0 Å². The van der Waals surface area contributed by atoms with Crippen molar-refractivity contribution in [2.45, 2.75) is 19.9 Å². The minimum atomic E-state index is -1.03. The smallest absolute Gasteiger partial charge is 0.339 e. The summed E-state index contributed by atoms with van der Waals surface area (Å²) in [5, 5.41) is 15.2. The van der Waals surface area contributed by atoms with Crippen LogP contribution >= 0.6 is 0 Å². The van der Waals surface area contributed by atoms with Gasteiger partial charge in [0.05, 0.1) is 11.7 Å². The van der Waals surface area contributed by atoms with E-state index in [4.69, 9.17) is 5.10 Å². The Hall–Kier alpha value is -3.26. The Morgan fingerprint density at radius 1 is 1.32 bits per heavy atom. The lowest BCUT2D eigenvalue weighted by atomic mass is 10.1. The second-order valence-corrected chi connectivity index (χ2v) is 7.21. The highest BCUT2D eigenvalue weighted by Crippen LogP contribution is 2.29. The van der Waals surface area contributed by atoms with E-state index >= 15 is 0 Å². The van der Waals surface area contributed by atoms with Crippen LogP contribution in [-0.4, -0.2) is 61.3 Å². The number of carbonyl (C=O) groups is 1. The molecule has 0 atom stereocenters. The third-order valence-corrected chi connectivity index (χ3v) is 4.74. The monoisotopic (exact) mass is 378 g/mol. The van der Waals surface area contributed by atoms with Gasteiger partial charge in [0, 0.05) is 18.1 Å². The van der Waals surface area contributed by atoms with Crippen LogP contribution in [0.5, 0.6) is 0 Å². The maximum Gasteiger partial charge on any atom is 0.339 e. The fourth-order valence-electron chi connectivity index (χ4n) is 3.35. The molecule has 8 nitrogen and oxygen atoms in total.